The molecule has 1 N–H and O–H groups in total. The van der Waals surface area contributed by atoms with E-state index in [9.17, 15) is 9.90 Å². The number of hydrogen-bond donors (Lipinski definition) is 1. The van der Waals surface area contributed by atoms with Crippen molar-refractivity contribution < 1.29 is 9.90 Å². The van der Waals surface area contributed by atoms with Crippen molar-refractivity contribution >= 4 is 5.97 Å². The normalized spacial score (nSPS) is 20.5. The number of aliphatic carboxylic acids is 1. The fraction of sp³-hybridized carbons (Fsp3) is 0.353. The van der Waals surface area contributed by atoms with Gasteiger partial charge in [-0.25, -0.2) is 0 Å². The number of nitrogens with zero attached hydrogens (tertiary/aromatic N) is 3. The minimum absolute atomic E-state index is 0.170. The first kappa shape index (κ1) is 14.7. The average Bonchev–Trinajstić information content (AvgIpc) is 2.57. The van der Waals surface area contributed by atoms with Crippen LogP contribution in [0.3, 0.4) is 0 Å². The quantitative estimate of drug-likeness (QED) is 0.939. The Balaban J connectivity index is 2.03. The summed E-state index contributed by atoms with van der Waals surface area (Å²) >= 11 is 0. The van der Waals surface area contributed by atoms with Crippen molar-refractivity contribution in [2.75, 3.05) is 6.54 Å². The third kappa shape index (κ3) is 2.99. The summed E-state index contributed by atoms with van der Waals surface area (Å²) in [5.41, 5.74) is 1.85. The van der Waals surface area contributed by atoms with Gasteiger partial charge in [0.25, 0.3) is 0 Å². The summed E-state index contributed by atoms with van der Waals surface area (Å²) in [4.78, 5) is 22.4. The first-order valence-electron chi connectivity index (χ1n) is 7.57. The molecule has 2 unspecified atom stereocenters. The number of carboxylic acid groups (broad SMARTS) is 1. The van der Waals surface area contributed by atoms with Gasteiger partial charge in [0.1, 0.15) is 6.04 Å². The van der Waals surface area contributed by atoms with Gasteiger partial charge in [-0.05, 0) is 43.1 Å². The molecule has 3 rings (SSSR count). The Morgan fingerprint density at radius 1 is 1.23 bits per heavy atom. The van der Waals surface area contributed by atoms with Gasteiger partial charge in [-0.15, -0.1) is 0 Å². The molecule has 1 fully saturated rings. The van der Waals surface area contributed by atoms with Gasteiger partial charge in [0.05, 0.1) is 11.7 Å². The number of likely N-dealkylation sites (tertiary alicyclic amines) is 1. The summed E-state index contributed by atoms with van der Waals surface area (Å²) in [7, 11) is 0. The number of hydrogen-bond acceptors (Lipinski definition) is 4. The largest absolute Gasteiger partial charge is 0.480 e. The Bertz CT molecular complexity index is 579. The van der Waals surface area contributed by atoms with E-state index in [-0.39, 0.29) is 6.04 Å². The predicted octanol–water partition coefficient (Wildman–Crippen LogP) is 2.51. The molecule has 1 aliphatic rings. The van der Waals surface area contributed by atoms with Crippen LogP contribution in [0, 0.1) is 0 Å². The summed E-state index contributed by atoms with van der Waals surface area (Å²) in [5.74, 6) is -0.760. The summed E-state index contributed by atoms with van der Waals surface area (Å²) in [6, 6.07) is 8.98. The zero-order valence-electron chi connectivity index (χ0n) is 12.3. The van der Waals surface area contributed by atoms with Gasteiger partial charge in [-0.3, -0.25) is 19.7 Å². The highest BCUT2D eigenvalue weighted by atomic mass is 16.4. The zero-order chi connectivity index (χ0) is 15.4. The molecule has 3 heterocycles. The van der Waals surface area contributed by atoms with Crippen molar-refractivity contribution in [1.82, 2.24) is 14.9 Å². The highest BCUT2D eigenvalue weighted by Crippen LogP contribution is 2.32. The third-order valence-electron chi connectivity index (χ3n) is 4.13. The predicted molar refractivity (Wildman–Crippen MR) is 82.3 cm³/mol. The van der Waals surface area contributed by atoms with Gasteiger partial charge in [0, 0.05) is 18.6 Å². The van der Waals surface area contributed by atoms with E-state index in [4.69, 9.17) is 0 Å². The number of carbonyl (C=O) groups is 1. The van der Waals surface area contributed by atoms with Crippen LogP contribution in [0.25, 0.3) is 0 Å². The Morgan fingerprint density at radius 2 is 2.14 bits per heavy atom. The van der Waals surface area contributed by atoms with Crippen LogP contribution in [0.2, 0.25) is 0 Å². The zero-order valence-corrected chi connectivity index (χ0v) is 12.3. The van der Waals surface area contributed by atoms with Crippen molar-refractivity contribution in [3.8, 4) is 0 Å². The molecule has 0 saturated carbocycles. The SMILES string of the molecule is O=C(O)C1CCCCN1C(c1cccnc1)c1ccccn1. The molecule has 1 saturated heterocycles. The van der Waals surface area contributed by atoms with Crippen molar-refractivity contribution in [2.24, 2.45) is 0 Å². The molecule has 114 valence electrons. The lowest BCUT2D eigenvalue weighted by Crippen LogP contribution is -2.47. The molecule has 0 amide bonds. The average molecular weight is 297 g/mol. The molecule has 2 aromatic heterocycles. The number of piperidine rings is 1. The monoisotopic (exact) mass is 297 g/mol. The van der Waals surface area contributed by atoms with Crippen LogP contribution in [-0.2, 0) is 4.79 Å². The molecule has 2 aromatic rings. The van der Waals surface area contributed by atoms with Crippen LogP contribution >= 0.6 is 0 Å². The number of pyridine rings is 2. The molecule has 0 aliphatic carbocycles. The maximum Gasteiger partial charge on any atom is 0.320 e. The van der Waals surface area contributed by atoms with Crippen LogP contribution < -0.4 is 0 Å². The molecule has 0 spiro atoms. The molecule has 22 heavy (non-hydrogen) atoms. The van der Waals surface area contributed by atoms with E-state index >= 15 is 0 Å². The molecule has 0 aromatic carbocycles. The van der Waals surface area contributed by atoms with E-state index in [1.807, 2.05) is 35.2 Å². The van der Waals surface area contributed by atoms with E-state index < -0.39 is 12.0 Å². The lowest BCUT2D eigenvalue weighted by molar-refractivity contribution is -0.145. The Kier molecular flexibility index (Phi) is 4.44. The van der Waals surface area contributed by atoms with Crippen LogP contribution in [0.1, 0.15) is 36.6 Å². The van der Waals surface area contributed by atoms with Crippen molar-refractivity contribution in [1.29, 1.82) is 0 Å². The minimum Gasteiger partial charge on any atom is -0.480 e. The number of aromatic nitrogens is 2. The highest BCUT2D eigenvalue weighted by Gasteiger charge is 2.35. The van der Waals surface area contributed by atoms with Crippen LogP contribution in [0.15, 0.2) is 48.9 Å². The minimum atomic E-state index is -0.760. The molecule has 0 bridgehead atoms. The van der Waals surface area contributed by atoms with Crippen LogP contribution in [0.4, 0.5) is 0 Å². The summed E-state index contributed by atoms with van der Waals surface area (Å²) in [5, 5.41) is 9.57. The standard InChI is InChI=1S/C17H19N3O2/c21-17(22)15-8-2-4-11-20(15)16(13-6-5-9-18-12-13)14-7-1-3-10-19-14/h1,3,5-7,9-10,12,15-16H,2,4,8,11H2,(H,21,22). The van der Waals surface area contributed by atoms with Crippen LogP contribution in [0.5, 0.6) is 0 Å². The van der Waals surface area contributed by atoms with Gasteiger partial charge < -0.3 is 5.11 Å². The number of rotatable bonds is 4. The van der Waals surface area contributed by atoms with Gasteiger partial charge in [-0.2, -0.15) is 0 Å². The topological polar surface area (TPSA) is 66.3 Å². The molecule has 5 heteroatoms. The highest BCUT2D eigenvalue weighted by molar-refractivity contribution is 5.73. The van der Waals surface area contributed by atoms with Crippen LogP contribution in [-0.4, -0.2) is 38.5 Å². The number of carboxylic acids is 1. The molecular weight excluding hydrogens is 278 g/mol. The molecule has 1 aliphatic heterocycles. The van der Waals surface area contributed by atoms with Gasteiger partial charge in [0.2, 0.25) is 0 Å². The van der Waals surface area contributed by atoms with Gasteiger partial charge in [-0.1, -0.05) is 18.6 Å². The summed E-state index contributed by atoms with van der Waals surface area (Å²) < 4.78 is 0. The van der Waals surface area contributed by atoms with E-state index in [0.717, 1.165) is 30.6 Å². The van der Waals surface area contributed by atoms with E-state index in [1.54, 1.807) is 18.6 Å². The van der Waals surface area contributed by atoms with Crippen molar-refractivity contribution in [3.63, 3.8) is 0 Å². The summed E-state index contributed by atoms with van der Waals surface area (Å²) in [6.07, 6.45) is 7.91. The maximum atomic E-state index is 11.7. The van der Waals surface area contributed by atoms with Crippen molar-refractivity contribution in [3.05, 3.63) is 60.2 Å². The Labute approximate surface area is 129 Å². The molecule has 2 atom stereocenters. The lowest BCUT2D eigenvalue weighted by atomic mass is 9.95. The molecular formula is C17H19N3O2. The second-order valence-electron chi connectivity index (χ2n) is 5.53. The molecule has 5 nitrogen and oxygen atoms in total. The molecule has 0 radical (unpaired) electrons. The first-order valence-corrected chi connectivity index (χ1v) is 7.57. The lowest BCUT2D eigenvalue weighted by Gasteiger charge is -2.38. The van der Waals surface area contributed by atoms with Crippen molar-refractivity contribution in [2.45, 2.75) is 31.3 Å². The van der Waals surface area contributed by atoms with E-state index in [0.29, 0.717) is 6.42 Å². The van der Waals surface area contributed by atoms with E-state index in [2.05, 4.69) is 9.97 Å². The second kappa shape index (κ2) is 6.66. The maximum absolute atomic E-state index is 11.7. The first-order chi connectivity index (χ1) is 10.8. The second-order valence-corrected chi connectivity index (χ2v) is 5.53. The smallest absolute Gasteiger partial charge is 0.320 e. The Hall–Kier alpha value is -2.27. The fourth-order valence-electron chi connectivity index (χ4n) is 3.14. The van der Waals surface area contributed by atoms with Gasteiger partial charge in [0.15, 0.2) is 0 Å². The van der Waals surface area contributed by atoms with Gasteiger partial charge >= 0.3 is 5.97 Å². The third-order valence-corrected chi connectivity index (χ3v) is 4.13. The van der Waals surface area contributed by atoms with E-state index in [1.165, 1.54) is 0 Å². The Morgan fingerprint density at radius 3 is 2.82 bits per heavy atom. The fourth-order valence-corrected chi connectivity index (χ4v) is 3.14. The summed E-state index contributed by atoms with van der Waals surface area (Å²) in [6.45, 7) is 0.757.